The van der Waals surface area contributed by atoms with Crippen molar-refractivity contribution in [2.24, 2.45) is 0 Å². The Morgan fingerprint density at radius 1 is 1.12 bits per heavy atom. The topological polar surface area (TPSA) is 51.0 Å². The maximum atomic E-state index is 5.22. The van der Waals surface area contributed by atoms with E-state index in [1.54, 1.807) is 6.26 Å². The quantitative estimate of drug-likeness (QED) is 0.744. The number of hydrogen-bond acceptors (Lipinski definition) is 4. The third kappa shape index (κ3) is 2.10. The van der Waals surface area contributed by atoms with Gasteiger partial charge in [-0.1, -0.05) is 18.2 Å². The van der Waals surface area contributed by atoms with E-state index in [1.807, 2.05) is 42.6 Å². The van der Waals surface area contributed by atoms with Crippen LogP contribution in [0.5, 0.6) is 0 Å². The van der Waals surface area contributed by atoms with Crippen LogP contribution in [0.15, 0.2) is 53.3 Å². The fourth-order valence-corrected chi connectivity index (χ4v) is 1.64. The highest BCUT2D eigenvalue weighted by molar-refractivity contribution is 5.78. The lowest BCUT2D eigenvalue weighted by molar-refractivity contribution is 0.517. The Morgan fingerprint density at radius 2 is 2.06 bits per heavy atom. The molecule has 0 radical (unpaired) electrons. The molecule has 0 amide bonds. The third-order valence-corrected chi connectivity index (χ3v) is 2.49. The van der Waals surface area contributed by atoms with Gasteiger partial charge in [0.2, 0.25) is 5.95 Å². The van der Waals surface area contributed by atoms with Gasteiger partial charge in [0.15, 0.2) is 0 Å². The molecule has 84 valence electrons. The lowest BCUT2D eigenvalue weighted by Crippen LogP contribution is -2.02. The first-order chi connectivity index (χ1) is 8.42. The normalized spacial score (nSPS) is 10.6. The molecule has 0 saturated carbocycles. The van der Waals surface area contributed by atoms with Gasteiger partial charge in [0, 0.05) is 11.6 Å². The SMILES string of the molecule is c1coc(CNc2ncc3ccccc3n2)c1. The van der Waals surface area contributed by atoms with Crippen molar-refractivity contribution in [1.82, 2.24) is 9.97 Å². The summed E-state index contributed by atoms with van der Waals surface area (Å²) in [6.45, 7) is 0.589. The van der Waals surface area contributed by atoms with Gasteiger partial charge in [0.25, 0.3) is 0 Å². The molecule has 4 nitrogen and oxygen atoms in total. The van der Waals surface area contributed by atoms with Gasteiger partial charge in [-0.3, -0.25) is 0 Å². The number of furan rings is 1. The number of fused-ring (bicyclic) bond motifs is 1. The molecule has 0 aliphatic carbocycles. The second-order valence-electron chi connectivity index (χ2n) is 3.69. The van der Waals surface area contributed by atoms with Crippen LogP contribution in [0.3, 0.4) is 0 Å². The molecule has 4 heteroatoms. The first-order valence-electron chi connectivity index (χ1n) is 5.40. The highest BCUT2D eigenvalue weighted by Gasteiger charge is 2.00. The molecule has 0 atom stereocenters. The van der Waals surface area contributed by atoms with Crippen molar-refractivity contribution >= 4 is 16.9 Å². The summed E-state index contributed by atoms with van der Waals surface area (Å²) in [5, 5.41) is 4.16. The Morgan fingerprint density at radius 3 is 2.94 bits per heavy atom. The molecule has 0 spiro atoms. The smallest absolute Gasteiger partial charge is 0.223 e. The number of hydrogen-bond donors (Lipinski definition) is 1. The molecule has 0 fully saturated rings. The zero-order valence-corrected chi connectivity index (χ0v) is 9.13. The lowest BCUT2D eigenvalue weighted by Gasteiger charge is -2.03. The molecule has 3 rings (SSSR count). The van der Waals surface area contributed by atoms with Gasteiger partial charge in [-0.05, 0) is 18.2 Å². The van der Waals surface area contributed by atoms with Crippen LogP contribution in [0, 0.1) is 0 Å². The van der Waals surface area contributed by atoms with Crippen LogP contribution < -0.4 is 5.32 Å². The van der Waals surface area contributed by atoms with Crippen molar-refractivity contribution in [3.8, 4) is 0 Å². The second-order valence-corrected chi connectivity index (χ2v) is 3.69. The fraction of sp³-hybridized carbons (Fsp3) is 0.0769. The first kappa shape index (κ1) is 9.84. The molecule has 0 saturated heterocycles. The number of nitrogens with one attached hydrogen (secondary N) is 1. The highest BCUT2D eigenvalue weighted by atomic mass is 16.3. The van der Waals surface area contributed by atoms with E-state index in [1.165, 1.54) is 0 Å². The number of anilines is 1. The van der Waals surface area contributed by atoms with Gasteiger partial charge in [0.05, 0.1) is 18.3 Å². The van der Waals surface area contributed by atoms with Crippen molar-refractivity contribution in [3.63, 3.8) is 0 Å². The minimum atomic E-state index is 0.589. The van der Waals surface area contributed by atoms with Gasteiger partial charge >= 0.3 is 0 Å². The van der Waals surface area contributed by atoms with Crippen LogP contribution in [-0.2, 0) is 6.54 Å². The summed E-state index contributed by atoms with van der Waals surface area (Å²) >= 11 is 0. The summed E-state index contributed by atoms with van der Waals surface area (Å²) in [6, 6.07) is 11.7. The predicted octanol–water partition coefficient (Wildman–Crippen LogP) is 2.83. The Balaban J connectivity index is 1.81. The molecule has 2 aromatic heterocycles. The van der Waals surface area contributed by atoms with E-state index in [2.05, 4.69) is 15.3 Å². The van der Waals surface area contributed by atoms with Crippen molar-refractivity contribution in [2.75, 3.05) is 5.32 Å². The number of rotatable bonds is 3. The molecule has 0 bridgehead atoms. The fourth-order valence-electron chi connectivity index (χ4n) is 1.64. The molecule has 2 heterocycles. The van der Waals surface area contributed by atoms with E-state index < -0.39 is 0 Å². The van der Waals surface area contributed by atoms with Crippen LogP contribution in [0.2, 0.25) is 0 Å². The van der Waals surface area contributed by atoms with Crippen molar-refractivity contribution in [2.45, 2.75) is 6.54 Å². The van der Waals surface area contributed by atoms with Crippen LogP contribution in [0.1, 0.15) is 5.76 Å². The van der Waals surface area contributed by atoms with Crippen molar-refractivity contribution in [1.29, 1.82) is 0 Å². The van der Waals surface area contributed by atoms with E-state index in [0.29, 0.717) is 12.5 Å². The van der Waals surface area contributed by atoms with Crippen molar-refractivity contribution in [3.05, 3.63) is 54.6 Å². The second kappa shape index (κ2) is 4.25. The minimum Gasteiger partial charge on any atom is -0.467 e. The van der Waals surface area contributed by atoms with E-state index in [4.69, 9.17) is 4.42 Å². The van der Waals surface area contributed by atoms with E-state index in [-0.39, 0.29) is 0 Å². The molecule has 1 aromatic carbocycles. The van der Waals surface area contributed by atoms with Gasteiger partial charge < -0.3 is 9.73 Å². The average molecular weight is 225 g/mol. The zero-order valence-electron chi connectivity index (χ0n) is 9.13. The summed E-state index contributed by atoms with van der Waals surface area (Å²) in [5.41, 5.74) is 0.935. The van der Waals surface area contributed by atoms with Crippen LogP contribution in [0.4, 0.5) is 5.95 Å². The summed E-state index contributed by atoms with van der Waals surface area (Å²) in [4.78, 5) is 8.65. The monoisotopic (exact) mass is 225 g/mol. The third-order valence-electron chi connectivity index (χ3n) is 2.49. The molecular weight excluding hydrogens is 214 g/mol. The van der Waals surface area contributed by atoms with Gasteiger partial charge in [-0.2, -0.15) is 0 Å². The molecule has 17 heavy (non-hydrogen) atoms. The summed E-state index contributed by atoms with van der Waals surface area (Å²) < 4.78 is 5.22. The summed E-state index contributed by atoms with van der Waals surface area (Å²) in [7, 11) is 0. The Labute approximate surface area is 98.3 Å². The molecule has 0 aliphatic heterocycles. The first-order valence-corrected chi connectivity index (χ1v) is 5.40. The van der Waals surface area contributed by atoms with Crippen LogP contribution in [-0.4, -0.2) is 9.97 Å². The van der Waals surface area contributed by atoms with Gasteiger partial charge in [0.1, 0.15) is 5.76 Å². The van der Waals surface area contributed by atoms with Crippen molar-refractivity contribution < 1.29 is 4.42 Å². The zero-order chi connectivity index (χ0) is 11.5. The highest BCUT2D eigenvalue weighted by Crippen LogP contribution is 2.12. The average Bonchev–Trinajstić information content (AvgIpc) is 2.89. The number of para-hydroxylation sites is 1. The van der Waals surface area contributed by atoms with E-state index >= 15 is 0 Å². The number of nitrogens with zero attached hydrogens (tertiary/aromatic N) is 2. The molecule has 1 N–H and O–H groups in total. The maximum absolute atomic E-state index is 5.22. The lowest BCUT2D eigenvalue weighted by atomic mass is 10.2. The van der Waals surface area contributed by atoms with E-state index in [9.17, 15) is 0 Å². The maximum Gasteiger partial charge on any atom is 0.223 e. The largest absolute Gasteiger partial charge is 0.467 e. The Kier molecular flexibility index (Phi) is 2.46. The molecule has 3 aromatic rings. The molecule has 0 aliphatic rings. The molecular formula is C13H11N3O. The van der Waals surface area contributed by atoms with E-state index in [0.717, 1.165) is 16.7 Å². The Bertz CT molecular complexity index is 619. The molecule has 0 unspecified atom stereocenters. The number of benzene rings is 1. The summed E-state index contributed by atoms with van der Waals surface area (Å²) in [5.74, 6) is 1.47. The predicted molar refractivity (Wildman–Crippen MR) is 65.6 cm³/mol. The summed E-state index contributed by atoms with van der Waals surface area (Å²) in [6.07, 6.45) is 3.46. The van der Waals surface area contributed by atoms with Gasteiger partial charge in [-0.15, -0.1) is 0 Å². The Hall–Kier alpha value is -2.36. The number of aromatic nitrogens is 2. The standard InChI is InChI=1S/C13H11N3O/c1-2-6-12-10(4-1)8-14-13(16-12)15-9-11-5-3-7-17-11/h1-8H,9H2,(H,14,15,16). The van der Waals surface area contributed by atoms with Crippen LogP contribution in [0.25, 0.3) is 10.9 Å². The van der Waals surface area contributed by atoms with Crippen LogP contribution >= 0.6 is 0 Å². The minimum absolute atomic E-state index is 0.589. The van der Waals surface area contributed by atoms with Gasteiger partial charge in [-0.25, -0.2) is 9.97 Å².